The summed E-state index contributed by atoms with van der Waals surface area (Å²) in [4.78, 5) is 24.1. The lowest BCUT2D eigenvalue weighted by atomic mass is 9.92. The van der Waals surface area contributed by atoms with Gasteiger partial charge in [0.15, 0.2) is 0 Å². The van der Waals surface area contributed by atoms with Gasteiger partial charge in [0.1, 0.15) is 0 Å². The smallest absolute Gasteiger partial charge is 0.235 e. The first kappa shape index (κ1) is 22.7. The monoisotopic (exact) mass is 469 g/mol. The highest BCUT2D eigenvalue weighted by Crippen LogP contribution is 2.41. The van der Waals surface area contributed by atoms with E-state index in [9.17, 15) is 4.79 Å². The number of benzene rings is 2. The molecule has 0 spiro atoms. The Kier molecular flexibility index (Phi) is 6.27. The number of rotatable bonds is 5. The minimum absolute atomic E-state index is 0.0440. The van der Waals surface area contributed by atoms with Crippen LogP contribution in [0.2, 0.25) is 0 Å². The van der Waals surface area contributed by atoms with Crippen LogP contribution in [0.15, 0.2) is 42.6 Å². The zero-order valence-electron chi connectivity index (χ0n) is 20.5. The van der Waals surface area contributed by atoms with Crippen molar-refractivity contribution in [3.8, 4) is 11.1 Å². The largest absolute Gasteiger partial charge is 0.379 e. The lowest BCUT2D eigenvalue weighted by Crippen LogP contribution is -2.35. The lowest BCUT2D eigenvalue weighted by molar-refractivity contribution is -0.114. The number of ether oxygens (including phenoxy) is 1. The van der Waals surface area contributed by atoms with Crippen LogP contribution in [0.4, 0.5) is 5.69 Å². The summed E-state index contributed by atoms with van der Waals surface area (Å²) in [6, 6.07) is 13.2. The van der Waals surface area contributed by atoms with Gasteiger partial charge in [-0.1, -0.05) is 18.6 Å². The molecule has 2 saturated heterocycles. The molecule has 6 rings (SSSR count). The first-order valence-electron chi connectivity index (χ1n) is 12.9. The number of carbonyl (C=O) groups excluding carboxylic acids is 1. The highest BCUT2D eigenvalue weighted by molar-refractivity contribution is 6.12. The van der Waals surface area contributed by atoms with Gasteiger partial charge in [0.25, 0.3) is 0 Å². The number of carbonyl (C=O) groups is 1. The molecule has 3 aliphatic heterocycles. The topological polar surface area (TPSA) is 48.9 Å². The average molecular weight is 470 g/mol. The van der Waals surface area contributed by atoms with Crippen molar-refractivity contribution >= 4 is 22.5 Å². The van der Waals surface area contributed by atoms with Crippen molar-refractivity contribution in [2.75, 3.05) is 51.3 Å². The molecule has 1 aromatic heterocycles. The van der Waals surface area contributed by atoms with E-state index in [4.69, 9.17) is 9.72 Å². The Morgan fingerprint density at radius 3 is 2.46 bits per heavy atom. The van der Waals surface area contributed by atoms with E-state index in [1.165, 1.54) is 30.4 Å². The van der Waals surface area contributed by atoms with Crippen LogP contribution < -0.4 is 4.90 Å². The molecular formula is C29H33N4O2. The van der Waals surface area contributed by atoms with E-state index in [1.807, 2.05) is 13.2 Å². The molecule has 1 radical (unpaired) electrons. The molecule has 6 heteroatoms. The third-order valence-corrected chi connectivity index (χ3v) is 7.64. The van der Waals surface area contributed by atoms with E-state index in [1.54, 1.807) is 11.3 Å². The van der Waals surface area contributed by atoms with E-state index in [2.05, 4.69) is 46.2 Å². The van der Waals surface area contributed by atoms with Gasteiger partial charge in [0.05, 0.1) is 25.2 Å². The van der Waals surface area contributed by atoms with E-state index in [-0.39, 0.29) is 5.91 Å². The summed E-state index contributed by atoms with van der Waals surface area (Å²) in [6.45, 7) is 7.69. The molecule has 0 saturated carbocycles. The molecule has 3 aliphatic rings. The summed E-state index contributed by atoms with van der Waals surface area (Å²) in [5.74, 6) is 0.0440. The van der Waals surface area contributed by atoms with Crippen molar-refractivity contribution in [2.24, 2.45) is 0 Å². The van der Waals surface area contributed by atoms with Crippen LogP contribution in [0.5, 0.6) is 0 Å². The molecule has 0 unspecified atom stereocenters. The van der Waals surface area contributed by atoms with E-state index in [0.717, 1.165) is 85.8 Å². The Balaban J connectivity index is 1.38. The molecule has 0 aliphatic carbocycles. The molecule has 35 heavy (non-hydrogen) atoms. The van der Waals surface area contributed by atoms with Gasteiger partial charge in [-0.25, -0.2) is 0 Å². The average Bonchev–Trinajstić information content (AvgIpc) is 3.18. The van der Waals surface area contributed by atoms with Crippen LogP contribution in [0.1, 0.15) is 36.0 Å². The van der Waals surface area contributed by atoms with Gasteiger partial charge in [-0.05, 0) is 78.0 Å². The van der Waals surface area contributed by atoms with Crippen molar-refractivity contribution in [3.63, 3.8) is 0 Å². The Bertz CT molecular complexity index is 1240. The van der Waals surface area contributed by atoms with Crippen LogP contribution >= 0.6 is 0 Å². The highest BCUT2D eigenvalue weighted by atomic mass is 16.5. The molecule has 6 nitrogen and oxygen atoms in total. The number of pyridine rings is 1. The fraction of sp³-hybridized carbons (Fsp3) is 0.414. The predicted molar refractivity (Wildman–Crippen MR) is 139 cm³/mol. The second-order valence-corrected chi connectivity index (χ2v) is 10.1. The van der Waals surface area contributed by atoms with Crippen molar-refractivity contribution in [1.29, 1.82) is 0 Å². The number of anilines is 1. The molecule has 2 aromatic carbocycles. The van der Waals surface area contributed by atoms with Crippen molar-refractivity contribution in [3.05, 3.63) is 65.7 Å². The second kappa shape index (κ2) is 9.69. The Morgan fingerprint density at radius 2 is 1.63 bits per heavy atom. The molecule has 2 fully saturated rings. The number of hydrogen-bond acceptors (Lipinski definition) is 5. The molecule has 3 aromatic rings. The Hall–Kier alpha value is -2.80. The summed E-state index contributed by atoms with van der Waals surface area (Å²) in [5, 5.41) is 1.13. The number of morpholine rings is 1. The summed E-state index contributed by atoms with van der Waals surface area (Å²) in [5.41, 5.74) is 7.84. The third-order valence-electron chi connectivity index (χ3n) is 7.64. The first-order chi connectivity index (χ1) is 17.2. The summed E-state index contributed by atoms with van der Waals surface area (Å²) in [7, 11) is 1.88. The predicted octanol–water partition coefficient (Wildman–Crippen LogP) is 4.25. The van der Waals surface area contributed by atoms with Crippen molar-refractivity contribution in [1.82, 2.24) is 14.8 Å². The molecule has 1 amide bonds. The van der Waals surface area contributed by atoms with Crippen LogP contribution in [0.3, 0.4) is 0 Å². The zero-order valence-corrected chi connectivity index (χ0v) is 20.5. The van der Waals surface area contributed by atoms with Gasteiger partial charge >= 0.3 is 0 Å². The molecule has 4 heterocycles. The maximum atomic E-state index is 12.6. The SMILES string of the molecule is CN1C(=O)[CH]c2c(-c3ccnc4cc(CN5CCOCC5)ccc34)cc(CN3CCCCC3)cc21. The maximum Gasteiger partial charge on any atom is 0.235 e. The van der Waals surface area contributed by atoms with Crippen LogP contribution in [-0.2, 0) is 22.6 Å². The molecule has 181 valence electrons. The fourth-order valence-electron chi connectivity index (χ4n) is 5.70. The number of nitrogens with zero attached hydrogens (tertiary/aromatic N) is 4. The van der Waals surface area contributed by atoms with E-state index >= 15 is 0 Å². The van der Waals surface area contributed by atoms with Gasteiger partial charge in [-0.15, -0.1) is 0 Å². The zero-order chi connectivity index (χ0) is 23.8. The number of fused-ring (bicyclic) bond motifs is 2. The fourth-order valence-corrected chi connectivity index (χ4v) is 5.70. The van der Waals surface area contributed by atoms with Crippen LogP contribution in [-0.4, -0.2) is 67.1 Å². The standard InChI is InChI=1S/C29H33N4O2/c1-31-28-17-22(20-32-9-3-2-4-10-32)15-25(26(28)18-29(31)34)23-7-8-30-27-16-21(5-6-24(23)27)19-33-11-13-35-14-12-33/h5-8,15-18H,2-4,9-14,19-20H2,1H3. The normalized spacial score (nSPS) is 19.5. The summed E-state index contributed by atoms with van der Waals surface area (Å²) in [6.07, 6.45) is 7.56. The number of hydrogen-bond donors (Lipinski definition) is 0. The van der Waals surface area contributed by atoms with Gasteiger partial charge in [0, 0.05) is 50.5 Å². The third kappa shape index (κ3) is 4.58. The summed E-state index contributed by atoms with van der Waals surface area (Å²) >= 11 is 0. The minimum Gasteiger partial charge on any atom is -0.379 e. The van der Waals surface area contributed by atoms with E-state index < -0.39 is 0 Å². The molecule has 0 atom stereocenters. The number of aromatic nitrogens is 1. The Morgan fingerprint density at radius 1 is 0.857 bits per heavy atom. The molecule has 0 bridgehead atoms. The van der Waals surface area contributed by atoms with Crippen LogP contribution in [0.25, 0.3) is 22.0 Å². The van der Waals surface area contributed by atoms with E-state index in [0.29, 0.717) is 0 Å². The minimum atomic E-state index is 0.0440. The Labute approximate surface area is 207 Å². The van der Waals surface area contributed by atoms with Gasteiger partial charge in [-0.2, -0.15) is 0 Å². The van der Waals surface area contributed by atoms with Gasteiger partial charge in [0.2, 0.25) is 5.91 Å². The first-order valence-corrected chi connectivity index (χ1v) is 12.9. The number of likely N-dealkylation sites (tertiary alicyclic amines) is 1. The van der Waals surface area contributed by atoms with Gasteiger partial charge in [-0.3, -0.25) is 19.6 Å². The quantitative estimate of drug-likeness (QED) is 0.559. The summed E-state index contributed by atoms with van der Waals surface area (Å²) < 4.78 is 5.49. The molecule has 0 N–H and O–H groups in total. The van der Waals surface area contributed by atoms with Gasteiger partial charge < -0.3 is 9.64 Å². The number of piperidine rings is 1. The van der Waals surface area contributed by atoms with Crippen molar-refractivity contribution in [2.45, 2.75) is 32.4 Å². The van der Waals surface area contributed by atoms with Crippen LogP contribution in [0, 0.1) is 6.42 Å². The number of likely N-dealkylation sites (N-methyl/N-ethyl adjacent to an activating group) is 1. The maximum absolute atomic E-state index is 12.6. The second-order valence-electron chi connectivity index (χ2n) is 10.1. The lowest BCUT2D eigenvalue weighted by Gasteiger charge is -2.27. The number of amides is 1. The van der Waals surface area contributed by atoms with Crippen molar-refractivity contribution < 1.29 is 9.53 Å². The highest BCUT2D eigenvalue weighted by Gasteiger charge is 2.29. The molecular weight excluding hydrogens is 436 g/mol.